The fraction of sp³-hybridized carbons (Fsp3) is 0.500. The predicted octanol–water partition coefficient (Wildman–Crippen LogP) is 2.62. The van der Waals surface area contributed by atoms with E-state index in [0.29, 0.717) is 6.54 Å². The van der Waals surface area contributed by atoms with E-state index in [1.807, 2.05) is 13.8 Å². The van der Waals surface area contributed by atoms with Crippen molar-refractivity contribution in [3.8, 4) is 11.5 Å². The number of nitrogens with one attached hydrogen (secondary N) is 1. The molecule has 0 atom stereocenters. The number of esters is 1. The number of benzene rings is 1. The zero-order chi connectivity index (χ0) is 18.1. The SMILES string of the molecule is CCOc1cc(C(=O)OCC(=O)NCC(C)C)ccc1OC(F)F. The van der Waals surface area contributed by atoms with Gasteiger partial charge in [0.25, 0.3) is 5.91 Å². The molecule has 1 amide bonds. The van der Waals surface area contributed by atoms with Crippen LogP contribution in [0.5, 0.6) is 11.5 Å². The quantitative estimate of drug-likeness (QED) is 0.697. The Morgan fingerprint density at radius 3 is 2.50 bits per heavy atom. The average Bonchev–Trinajstić information content (AvgIpc) is 2.52. The Labute approximate surface area is 139 Å². The Balaban J connectivity index is 2.69. The summed E-state index contributed by atoms with van der Waals surface area (Å²) in [6.45, 7) is 2.78. The Kier molecular flexibility index (Phi) is 7.94. The van der Waals surface area contributed by atoms with Crippen LogP contribution >= 0.6 is 0 Å². The third-order valence-corrected chi connectivity index (χ3v) is 2.74. The van der Waals surface area contributed by atoms with Crippen LogP contribution in [0, 0.1) is 5.92 Å². The van der Waals surface area contributed by atoms with Gasteiger partial charge in [-0.2, -0.15) is 8.78 Å². The zero-order valence-electron chi connectivity index (χ0n) is 13.8. The summed E-state index contributed by atoms with van der Waals surface area (Å²) >= 11 is 0. The lowest BCUT2D eigenvalue weighted by atomic mass is 10.2. The molecule has 0 saturated heterocycles. The summed E-state index contributed by atoms with van der Waals surface area (Å²) in [5.74, 6) is -1.09. The van der Waals surface area contributed by atoms with Crippen molar-refractivity contribution in [1.29, 1.82) is 0 Å². The van der Waals surface area contributed by atoms with Crippen LogP contribution in [0.1, 0.15) is 31.1 Å². The van der Waals surface area contributed by atoms with Gasteiger partial charge in [0.1, 0.15) is 0 Å². The fourth-order valence-corrected chi connectivity index (χ4v) is 1.68. The van der Waals surface area contributed by atoms with Crippen LogP contribution in [0.25, 0.3) is 0 Å². The summed E-state index contributed by atoms with van der Waals surface area (Å²) in [6.07, 6.45) is 0. The number of amides is 1. The molecule has 0 aliphatic carbocycles. The molecule has 0 radical (unpaired) electrons. The maximum absolute atomic E-state index is 12.3. The van der Waals surface area contributed by atoms with E-state index in [-0.39, 0.29) is 29.6 Å². The third kappa shape index (κ3) is 6.80. The van der Waals surface area contributed by atoms with E-state index in [4.69, 9.17) is 9.47 Å². The van der Waals surface area contributed by atoms with E-state index in [1.165, 1.54) is 18.2 Å². The normalized spacial score (nSPS) is 10.6. The second kappa shape index (κ2) is 9.69. The molecule has 0 aliphatic rings. The molecule has 134 valence electrons. The molecule has 1 aromatic rings. The van der Waals surface area contributed by atoms with Crippen molar-refractivity contribution < 1.29 is 32.6 Å². The molecule has 0 aromatic heterocycles. The molecule has 0 unspecified atom stereocenters. The lowest BCUT2D eigenvalue weighted by molar-refractivity contribution is -0.124. The van der Waals surface area contributed by atoms with Crippen LogP contribution in [0.2, 0.25) is 0 Å². The van der Waals surface area contributed by atoms with E-state index in [0.717, 1.165) is 0 Å². The van der Waals surface area contributed by atoms with E-state index in [1.54, 1.807) is 6.92 Å². The summed E-state index contributed by atoms with van der Waals surface area (Å²) in [7, 11) is 0. The van der Waals surface area contributed by atoms with Crippen LogP contribution in [0.3, 0.4) is 0 Å². The molecule has 1 N–H and O–H groups in total. The monoisotopic (exact) mass is 345 g/mol. The molecule has 0 spiro atoms. The van der Waals surface area contributed by atoms with Crippen molar-refractivity contribution in [1.82, 2.24) is 5.32 Å². The number of hydrogen-bond acceptors (Lipinski definition) is 5. The van der Waals surface area contributed by atoms with Gasteiger partial charge in [-0.3, -0.25) is 4.79 Å². The Morgan fingerprint density at radius 1 is 1.21 bits per heavy atom. The number of carbonyl (C=O) groups excluding carboxylic acids is 2. The molecule has 0 fully saturated rings. The minimum absolute atomic E-state index is 0.00323. The van der Waals surface area contributed by atoms with Crippen LogP contribution < -0.4 is 14.8 Å². The Morgan fingerprint density at radius 2 is 1.92 bits per heavy atom. The summed E-state index contributed by atoms with van der Waals surface area (Å²) in [5, 5.41) is 2.61. The summed E-state index contributed by atoms with van der Waals surface area (Å²) in [5.41, 5.74) is 0.0664. The van der Waals surface area contributed by atoms with Gasteiger partial charge in [0, 0.05) is 6.54 Å². The van der Waals surface area contributed by atoms with Crippen LogP contribution in [0.4, 0.5) is 8.78 Å². The van der Waals surface area contributed by atoms with Crippen molar-refractivity contribution >= 4 is 11.9 Å². The molecule has 1 rings (SSSR count). The zero-order valence-corrected chi connectivity index (χ0v) is 13.8. The minimum atomic E-state index is -3.01. The highest BCUT2D eigenvalue weighted by Gasteiger charge is 2.16. The van der Waals surface area contributed by atoms with Gasteiger partial charge in [-0.1, -0.05) is 13.8 Å². The molecular formula is C16H21F2NO5. The minimum Gasteiger partial charge on any atom is -0.490 e. The molecular weight excluding hydrogens is 324 g/mol. The van der Waals surface area contributed by atoms with Gasteiger partial charge in [-0.05, 0) is 31.0 Å². The molecule has 6 nitrogen and oxygen atoms in total. The first kappa shape index (κ1) is 19.7. The van der Waals surface area contributed by atoms with Gasteiger partial charge >= 0.3 is 12.6 Å². The van der Waals surface area contributed by atoms with Crippen molar-refractivity contribution in [2.45, 2.75) is 27.4 Å². The first-order chi connectivity index (χ1) is 11.3. The largest absolute Gasteiger partial charge is 0.490 e. The number of halogens is 2. The highest BCUT2D eigenvalue weighted by Crippen LogP contribution is 2.30. The topological polar surface area (TPSA) is 73.9 Å². The van der Waals surface area contributed by atoms with Gasteiger partial charge in [0.2, 0.25) is 0 Å². The molecule has 1 aromatic carbocycles. The van der Waals surface area contributed by atoms with Crippen LogP contribution in [0.15, 0.2) is 18.2 Å². The van der Waals surface area contributed by atoms with Gasteiger partial charge in [-0.15, -0.1) is 0 Å². The molecule has 0 heterocycles. The average molecular weight is 345 g/mol. The van der Waals surface area contributed by atoms with Crippen molar-refractivity contribution in [2.24, 2.45) is 5.92 Å². The van der Waals surface area contributed by atoms with Gasteiger partial charge < -0.3 is 19.5 Å². The number of ether oxygens (including phenoxy) is 3. The predicted molar refractivity (Wildman–Crippen MR) is 82.4 cm³/mol. The number of hydrogen-bond donors (Lipinski definition) is 1. The van der Waals surface area contributed by atoms with Gasteiger partial charge in [0.15, 0.2) is 18.1 Å². The third-order valence-electron chi connectivity index (χ3n) is 2.74. The lowest BCUT2D eigenvalue weighted by Crippen LogP contribution is -2.31. The van der Waals surface area contributed by atoms with Crippen LogP contribution in [-0.4, -0.2) is 38.2 Å². The smallest absolute Gasteiger partial charge is 0.387 e. The number of rotatable bonds is 9. The molecule has 8 heteroatoms. The van der Waals surface area contributed by atoms with Crippen molar-refractivity contribution in [3.63, 3.8) is 0 Å². The second-order valence-electron chi connectivity index (χ2n) is 5.25. The lowest BCUT2D eigenvalue weighted by Gasteiger charge is -2.12. The highest BCUT2D eigenvalue weighted by atomic mass is 19.3. The summed E-state index contributed by atoms with van der Waals surface area (Å²) in [4.78, 5) is 23.4. The van der Waals surface area contributed by atoms with E-state index >= 15 is 0 Å². The summed E-state index contributed by atoms with van der Waals surface area (Å²) in [6, 6.07) is 3.68. The second-order valence-corrected chi connectivity index (χ2v) is 5.25. The molecule has 0 aliphatic heterocycles. The molecule has 0 saturated carbocycles. The van der Waals surface area contributed by atoms with Gasteiger partial charge in [0.05, 0.1) is 12.2 Å². The maximum Gasteiger partial charge on any atom is 0.387 e. The first-order valence-corrected chi connectivity index (χ1v) is 7.49. The van der Waals surface area contributed by atoms with Crippen molar-refractivity contribution in [2.75, 3.05) is 19.8 Å². The molecule has 24 heavy (non-hydrogen) atoms. The number of carbonyl (C=O) groups is 2. The first-order valence-electron chi connectivity index (χ1n) is 7.49. The maximum atomic E-state index is 12.3. The Bertz CT molecular complexity index is 563. The molecule has 0 bridgehead atoms. The summed E-state index contributed by atoms with van der Waals surface area (Å²) < 4.78 is 39.0. The Hall–Kier alpha value is -2.38. The highest BCUT2D eigenvalue weighted by molar-refractivity contribution is 5.92. The van der Waals surface area contributed by atoms with E-state index < -0.39 is 25.1 Å². The van der Waals surface area contributed by atoms with Crippen LogP contribution in [-0.2, 0) is 9.53 Å². The van der Waals surface area contributed by atoms with E-state index in [2.05, 4.69) is 10.1 Å². The fourth-order valence-electron chi connectivity index (χ4n) is 1.68. The standard InChI is InChI=1S/C16H21F2NO5/c1-4-22-13-7-11(5-6-12(13)24-16(17)18)15(21)23-9-14(20)19-8-10(2)3/h5-7,10,16H,4,8-9H2,1-3H3,(H,19,20). The van der Waals surface area contributed by atoms with Crippen molar-refractivity contribution in [3.05, 3.63) is 23.8 Å². The number of alkyl halides is 2. The van der Waals surface area contributed by atoms with E-state index in [9.17, 15) is 18.4 Å². The van der Waals surface area contributed by atoms with Gasteiger partial charge in [-0.25, -0.2) is 4.79 Å².